The van der Waals surface area contributed by atoms with Crippen molar-refractivity contribution in [3.8, 4) is 5.75 Å². The van der Waals surface area contributed by atoms with Crippen molar-refractivity contribution in [2.45, 2.75) is 13.0 Å². The molecular formula is C15H16N2O3. The average Bonchev–Trinajstić information content (AvgIpc) is 2.46. The number of anilines is 1. The third kappa shape index (κ3) is 3.71. The molecule has 2 aromatic rings. The molecule has 1 unspecified atom stereocenters. The number of nitro benzene ring substituents is 1. The van der Waals surface area contributed by atoms with Gasteiger partial charge in [-0.3, -0.25) is 10.1 Å². The second-order valence-electron chi connectivity index (χ2n) is 4.40. The van der Waals surface area contributed by atoms with E-state index in [0.29, 0.717) is 12.2 Å². The first kappa shape index (κ1) is 13.9. The first-order chi connectivity index (χ1) is 9.66. The SMILES string of the molecule is CC(CNc1ccccc1[N+](=O)[O-])Oc1ccccc1. The van der Waals surface area contributed by atoms with Gasteiger partial charge in [-0.15, -0.1) is 0 Å². The monoisotopic (exact) mass is 272 g/mol. The molecule has 5 nitrogen and oxygen atoms in total. The third-order valence-electron chi connectivity index (χ3n) is 2.76. The number of hydrogen-bond acceptors (Lipinski definition) is 4. The number of rotatable bonds is 6. The Labute approximate surface area is 117 Å². The molecule has 0 saturated carbocycles. The van der Waals surface area contributed by atoms with Crippen molar-refractivity contribution in [3.05, 3.63) is 64.7 Å². The van der Waals surface area contributed by atoms with Crippen LogP contribution in [0.4, 0.5) is 11.4 Å². The standard InChI is InChI=1S/C15H16N2O3/c1-12(20-13-7-3-2-4-8-13)11-16-14-9-5-6-10-15(14)17(18)19/h2-10,12,16H,11H2,1H3. The summed E-state index contributed by atoms with van der Waals surface area (Å²) < 4.78 is 5.70. The highest BCUT2D eigenvalue weighted by Crippen LogP contribution is 2.23. The van der Waals surface area contributed by atoms with Gasteiger partial charge in [-0.25, -0.2) is 0 Å². The van der Waals surface area contributed by atoms with Crippen LogP contribution in [0.5, 0.6) is 5.75 Å². The molecule has 0 saturated heterocycles. The largest absolute Gasteiger partial charge is 0.489 e. The van der Waals surface area contributed by atoms with Crippen molar-refractivity contribution in [2.24, 2.45) is 0 Å². The van der Waals surface area contributed by atoms with Crippen LogP contribution in [0, 0.1) is 10.1 Å². The molecular weight excluding hydrogens is 256 g/mol. The topological polar surface area (TPSA) is 64.4 Å². The van der Waals surface area contributed by atoms with E-state index in [0.717, 1.165) is 5.75 Å². The predicted octanol–water partition coefficient (Wildman–Crippen LogP) is 3.47. The minimum Gasteiger partial charge on any atom is -0.489 e. The van der Waals surface area contributed by atoms with Gasteiger partial charge in [0.05, 0.1) is 11.5 Å². The molecule has 0 heterocycles. The van der Waals surface area contributed by atoms with Crippen LogP contribution in [0.25, 0.3) is 0 Å². The van der Waals surface area contributed by atoms with Gasteiger partial charge in [0.1, 0.15) is 17.5 Å². The fraction of sp³-hybridized carbons (Fsp3) is 0.200. The smallest absolute Gasteiger partial charge is 0.292 e. The maximum absolute atomic E-state index is 10.9. The van der Waals surface area contributed by atoms with Gasteiger partial charge in [0.15, 0.2) is 0 Å². The van der Waals surface area contributed by atoms with E-state index in [1.807, 2.05) is 37.3 Å². The van der Waals surface area contributed by atoms with Crippen LogP contribution < -0.4 is 10.1 Å². The molecule has 0 aliphatic heterocycles. The highest BCUT2D eigenvalue weighted by Gasteiger charge is 2.13. The zero-order valence-electron chi connectivity index (χ0n) is 11.2. The Kier molecular flexibility index (Phi) is 4.55. The first-order valence-corrected chi connectivity index (χ1v) is 6.36. The van der Waals surface area contributed by atoms with Gasteiger partial charge in [0.25, 0.3) is 5.69 Å². The summed E-state index contributed by atoms with van der Waals surface area (Å²) in [5.41, 5.74) is 0.570. The van der Waals surface area contributed by atoms with Gasteiger partial charge in [-0.05, 0) is 25.1 Å². The summed E-state index contributed by atoms with van der Waals surface area (Å²) in [5, 5.41) is 13.9. The molecule has 0 aromatic heterocycles. The maximum atomic E-state index is 10.9. The second kappa shape index (κ2) is 6.56. The molecule has 1 atom stereocenters. The van der Waals surface area contributed by atoms with Crippen molar-refractivity contribution in [2.75, 3.05) is 11.9 Å². The average molecular weight is 272 g/mol. The molecule has 0 aliphatic rings. The highest BCUT2D eigenvalue weighted by atomic mass is 16.6. The molecule has 0 spiro atoms. The fourth-order valence-electron chi connectivity index (χ4n) is 1.81. The molecule has 5 heteroatoms. The third-order valence-corrected chi connectivity index (χ3v) is 2.76. The molecule has 0 amide bonds. The van der Waals surface area contributed by atoms with Crippen LogP contribution in [-0.4, -0.2) is 17.6 Å². The summed E-state index contributed by atoms with van der Waals surface area (Å²) in [5.74, 6) is 0.782. The quantitative estimate of drug-likeness (QED) is 0.646. The number of nitro groups is 1. The first-order valence-electron chi connectivity index (χ1n) is 6.36. The van der Waals surface area contributed by atoms with Crippen molar-refractivity contribution < 1.29 is 9.66 Å². The number of hydrogen-bond donors (Lipinski definition) is 1. The Hall–Kier alpha value is -2.56. The van der Waals surface area contributed by atoms with E-state index < -0.39 is 4.92 Å². The lowest BCUT2D eigenvalue weighted by Crippen LogP contribution is -2.22. The Morgan fingerprint density at radius 1 is 1.15 bits per heavy atom. The lowest BCUT2D eigenvalue weighted by Gasteiger charge is -2.16. The van der Waals surface area contributed by atoms with Gasteiger partial charge < -0.3 is 10.1 Å². The molecule has 1 N–H and O–H groups in total. The van der Waals surface area contributed by atoms with Gasteiger partial charge in [0.2, 0.25) is 0 Å². The minimum absolute atomic E-state index is 0.0689. The van der Waals surface area contributed by atoms with Crippen LogP contribution >= 0.6 is 0 Å². The molecule has 2 rings (SSSR count). The lowest BCUT2D eigenvalue weighted by atomic mass is 10.2. The van der Waals surface area contributed by atoms with Gasteiger partial charge in [0, 0.05) is 6.07 Å². The summed E-state index contributed by atoms with van der Waals surface area (Å²) in [7, 11) is 0. The predicted molar refractivity (Wildman–Crippen MR) is 78.1 cm³/mol. The van der Waals surface area contributed by atoms with E-state index >= 15 is 0 Å². The van der Waals surface area contributed by atoms with Gasteiger partial charge in [-0.1, -0.05) is 30.3 Å². The van der Waals surface area contributed by atoms with Crippen molar-refractivity contribution >= 4 is 11.4 Å². The lowest BCUT2D eigenvalue weighted by molar-refractivity contribution is -0.384. The summed E-state index contributed by atoms with van der Waals surface area (Å²) >= 11 is 0. The maximum Gasteiger partial charge on any atom is 0.292 e. The van der Waals surface area contributed by atoms with Crippen molar-refractivity contribution in [3.63, 3.8) is 0 Å². The van der Waals surface area contributed by atoms with E-state index in [1.54, 1.807) is 18.2 Å². The normalized spacial score (nSPS) is 11.7. The van der Waals surface area contributed by atoms with Crippen molar-refractivity contribution in [1.82, 2.24) is 0 Å². The molecule has 0 fully saturated rings. The van der Waals surface area contributed by atoms with Gasteiger partial charge in [-0.2, -0.15) is 0 Å². The molecule has 2 aromatic carbocycles. The number of nitrogens with one attached hydrogen (secondary N) is 1. The molecule has 20 heavy (non-hydrogen) atoms. The van der Waals surface area contributed by atoms with Crippen LogP contribution in [-0.2, 0) is 0 Å². The van der Waals surface area contributed by atoms with E-state index in [9.17, 15) is 10.1 Å². The summed E-state index contributed by atoms with van der Waals surface area (Å²) in [6, 6.07) is 16.0. The zero-order chi connectivity index (χ0) is 14.4. The Bertz CT molecular complexity index is 572. The molecule has 0 bridgehead atoms. The molecule has 0 aliphatic carbocycles. The second-order valence-corrected chi connectivity index (χ2v) is 4.40. The van der Waals surface area contributed by atoms with Crippen LogP contribution in [0.2, 0.25) is 0 Å². The number of benzene rings is 2. The Morgan fingerprint density at radius 2 is 1.80 bits per heavy atom. The molecule has 104 valence electrons. The van der Waals surface area contributed by atoms with Crippen LogP contribution in [0.15, 0.2) is 54.6 Å². The zero-order valence-corrected chi connectivity index (χ0v) is 11.2. The molecule has 0 radical (unpaired) electrons. The van der Waals surface area contributed by atoms with E-state index in [2.05, 4.69) is 5.32 Å². The fourth-order valence-corrected chi connectivity index (χ4v) is 1.81. The summed E-state index contributed by atoms with van der Waals surface area (Å²) in [6.45, 7) is 2.40. The van der Waals surface area contributed by atoms with E-state index in [1.165, 1.54) is 6.07 Å². The summed E-state index contributed by atoms with van der Waals surface area (Å²) in [6.07, 6.45) is -0.0998. The Morgan fingerprint density at radius 3 is 2.50 bits per heavy atom. The number of para-hydroxylation sites is 3. The Balaban J connectivity index is 1.94. The van der Waals surface area contributed by atoms with Crippen LogP contribution in [0.3, 0.4) is 0 Å². The number of nitrogens with zero attached hydrogens (tertiary/aromatic N) is 1. The number of ether oxygens (including phenoxy) is 1. The van der Waals surface area contributed by atoms with E-state index in [-0.39, 0.29) is 11.8 Å². The summed E-state index contributed by atoms with van der Waals surface area (Å²) in [4.78, 5) is 10.5. The van der Waals surface area contributed by atoms with Gasteiger partial charge >= 0.3 is 0 Å². The van der Waals surface area contributed by atoms with E-state index in [4.69, 9.17) is 4.74 Å². The van der Waals surface area contributed by atoms with Crippen molar-refractivity contribution in [1.29, 1.82) is 0 Å². The minimum atomic E-state index is -0.398. The van der Waals surface area contributed by atoms with Crippen LogP contribution in [0.1, 0.15) is 6.92 Å². The highest BCUT2D eigenvalue weighted by molar-refractivity contribution is 5.61.